The molecule has 0 radical (unpaired) electrons. The molecule has 1 aliphatic rings. The molecule has 2 heteroatoms. The number of hydrogen-bond acceptors (Lipinski definition) is 2. The monoisotopic (exact) mass is 138 g/mol. The van der Waals surface area contributed by atoms with E-state index in [0.29, 0.717) is 0 Å². The molecule has 0 amide bonds. The first-order valence-corrected chi connectivity index (χ1v) is 3.70. The van der Waals surface area contributed by atoms with Crippen LogP contribution in [-0.4, -0.2) is 0 Å². The summed E-state index contributed by atoms with van der Waals surface area (Å²) in [7, 11) is 0. The molecule has 1 fully saturated rings. The molecular formula is C8H14N2. The summed E-state index contributed by atoms with van der Waals surface area (Å²) in [5, 5.41) is 0. The van der Waals surface area contributed by atoms with Crippen LogP contribution in [0.25, 0.3) is 0 Å². The van der Waals surface area contributed by atoms with E-state index < -0.39 is 0 Å². The van der Waals surface area contributed by atoms with Gasteiger partial charge in [-0.2, -0.15) is 0 Å². The van der Waals surface area contributed by atoms with E-state index in [2.05, 4.69) is 0 Å². The average molecular weight is 138 g/mol. The third-order valence-electron chi connectivity index (χ3n) is 1.96. The zero-order chi connectivity index (χ0) is 7.40. The van der Waals surface area contributed by atoms with Crippen LogP contribution >= 0.6 is 0 Å². The van der Waals surface area contributed by atoms with Crippen LogP contribution in [0.2, 0.25) is 0 Å². The largest absolute Gasteiger partial charge is 0.404 e. The van der Waals surface area contributed by atoms with Crippen LogP contribution in [0.4, 0.5) is 0 Å². The topological polar surface area (TPSA) is 52.0 Å². The minimum absolute atomic E-state index is 1.10. The van der Waals surface area contributed by atoms with E-state index in [4.69, 9.17) is 11.5 Å². The minimum atomic E-state index is 1.10. The molecule has 1 rings (SSSR count). The molecule has 0 spiro atoms. The molecule has 2 nitrogen and oxygen atoms in total. The molecule has 4 N–H and O–H groups in total. The van der Waals surface area contributed by atoms with Gasteiger partial charge in [-0.1, -0.05) is 0 Å². The van der Waals surface area contributed by atoms with Crippen molar-refractivity contribution in [1.82, 2.24) is 0 Å². The highest BCUT2D eigenvalue weighted by molar-refractivity contribution is 5.31. The summed E-state index contributed by atoms with van der Waals surface area (Å²) in [4.78, 5) is 0. The Labute approximate surface area is 61.6 Å². The predicted molar refractivity (Wildman–Crippen MR) is 43.0 cm³/mol. The van der Waals surface area contributed by atoms with Crippen LogP contribution in [0.1, 0.15) is 25.7 Å². The molecule has 0 bridgehead atoms. The lowest BCUT2D eigenvalue weighted by atomic mass is 9.91. The Morgan fingerprint density at radius 1 is 0.900 bits per heavy atom. The summed E-state index contributed by atoms with van der Waals surface area (Å²) in [6.07, 6.45) is 8.05. The fourth-order valence-corrected chi connectivity index (χ4v) is 1.33. The summed E-state index contributed by atoms with van der Waals surface area (Å²) >= 11 is 0. The maximum Gasteiger partial charge on any atom is -0.00264 e. The molecule has 56 valence electrons. The third kappa shape index (κ3) is 1.32. The second-order valence-electron chi connectivity index (χ2n) is 2.59. The van der Waals surface area contributed by atoms with Gasteiger partial charge in [0.2, 0.25) is 0 Å². The quantitative estimate of drug-likeness (QED) is 0.529. The maximum atomic E-state index is 5.41. The molecule has 0 aromatic rings. The van der Waals surface area contributed by atoms with E-state index in [-0.39, 0.29) is 0 Å². The Balaban J connectivity index is 2.69. The zero-order valence-corrected chi connectivity index (χ0v) is 6.14. The minimum Gasteiger partial charge on any atom is -0.404 e. The van der Waals surface area contributed by atoms with Crippen LogP contribution < -0.4 is 11.5 Å². The van der Waals surface area contributed by atoms with E-state index >= 15 is 0 Å². The molecule has 0 heterocycles. The lowest BCUT2D eigenvalue weighted by Crippen LogP contribution is -2.02. The highest BCUT2D eigenvalue weighted by atomic mass is 14.5. The van der Waals surface area contributed by atoms with Crippen molar-refractivity contribution >= 4 is 0 Å². The molecule has 0 aliphatic heterocycles. The third-order valence-corrected chi connectivity index (χ3v) is 1.96. The fourth-order valence-electron chi connectivity index (χ4n) is 1.33. The predicted octanol–water partition coefficient (Wildman–Crippen LogP) is 1.25. The van der Waals surface area contributed by atoms with Crippen molar-refractivity contribution in [1.29, 1.82) is 0 Å². The van der Waals surface area contributed by atoms with Crippen LogP contribution in [0.15, 0.2) is 23.5 Å². The van der Waals surface area contributed by atoms with Gasteiger partial charge in [0.25, 0.3) is 0 Å². The first kappa shape index (κ1) is 7.19. The summed E-state index contributed by atoms with van der Waals surface area (Å²) in [5.74, 6) is 0. The molecular weight excluding hydrogens is 124 g/mol. The average Bonchev–Trinajstić information content (AvgIpc) is 2.04. The van der Waals surface area contributed by atoms with Crippen molar-refractivity contribution in [2.24, 2.45) is 11.5 Å². The van der Waals surface area contributed by atoms with Gasteiger partial charge < -0.3 is 11.5 Å². The van der Waals surface area contributed by atoms with Gasteiger partial charge in [-0.25, -0.2) is 0 Å². The summed E-state index contributed by atoms with van der Waals surface area (Å²) in [5.41, 5.74) is 13.3. The van der Waals surface area contributed by atoms with Crippen molar-refractivity contribution in [3.8, 4) is 0 Å². The molecule has 0 atom stereocenters. The van der Waals surface area contributed by atoms with E-state index in [1.807, 2.05) is 0 Å². The highest BCUT2D eigenvalue weighted by Crippen LogP contribution is 2.26. The molecule has 1 aliphatic carbocycles. The number of nitrogens with two attached hydrogens (primary N) is 2. The van der Waals surface area contributed by atoms with Crippen molar-refractivity contribution < 1.29 is 0 Å². The van der Waals surface area contributed by atoms with Gasteiger partial charge in [0.15, 0.2) is 0 Å². The number of allylic oxidation sites excluding steroid dienone is 2. The van der Waals surface area contributed by atoms with Gasteiger partial charge in [-0.15, -0.1) is 0 Å². The normalized spacial score (nSPS) is 27.6. The van der Waals surface area contributed by atoms with Crippen molar-refractivity contribution in [2.45, 2.75) is 25.7 Å². The van der Waals surface area contributed by atoms with Gasteiger partial charge in [0.05, 0.1) is 0 Å². The van der Waals surface area contributed by atoms with Crippen LogP contribution in [0.5, 0.6) is 0 Å². The lowest BCUT2D eigenvalue weighted by molar-refractivity contribution is 0.676. The molecule has 0 aromatic carbocycles. The van der Waals surface area contributed by atoms with Crippen molar-refractivity contribution in [3.63, 3.8) is 0 Å². The second kappa shape index (κ2) is 3.30. The van der Waals surface area contributed by atoms with E-state index in [9.17, 15) is 0 Å². The van der Waals surface area contributed by atoms with Gasteiger partial charge in [-0.3, -0.25) is 0 Å². The van der Waals surface area contributed by atoms with E-state index in [0.717, 1.165) is 12.8 Å². The second-order valence-corrected chi connectivity index (χ2v) is 2.59. The zero-order valence-electron chi connectivity index (χ0n) is 6.14. The SMILES string of the molecule is N/C=C1/CCCC/C1=C/N. The van der Waals surface area contributed by atoms with Gasteiger partial charge in [0.1, 0.15) is 0 Å². The fraction of sp³-hybridized carbons (Fsp3) is 0.500. The Hall–Kier alpha value is -0.920. The van der Waals surface area contributed by atoms with Crippen LogP contribution in [0, 0.1) is 0 Å². The van der Waals surface area contributed by atoms with Crippen molar-refractivity contribution in [3.05, 3.63) is 23.5 Å². The van der Waals surface area contributed by atoms with Gasteiger partial charge >= 0.3 is 0 Å². The Morgan fingerprint density at radius 2 is 1.30 bits per heavy atom. The standard InChI is InChI=1S/C8H14N2/c9-5-7-3-1-2-4-8(7)6-10/h5-6H,1-4,9-10H2/b7-5-,8-6-. The highest BCUT2D eigenvalue weighted by Gasteiger charge is 2.09. The molecule has 0 aromatic heterocycles. The lowest BCUT2D eigenvalue weighted by Gasteiger charge is -2.16. The van der Waals surface area contributed by atoms with Gasteiger partial charge in [-0.05, 0) is 49.2 Å². The summed E-state index contributed by atoms with van der Waals surface area (Å²) in [6, 6.07) is 0. The van der Waals surface area contributed by atoms with Gasteiger partial charge in [0, 0.05) is 0 Å². The van der Waals surface area contributed by atoms with Crippen molar-refractivity contribution in [2.75, 3.05) is 0 Å². The van der Waals surface area contributed by atoms with Crippen LogP contribution in [-0.2, 0) is 0 Å². The first-order chi connectivity index (χ1) is 4.88. The molecule has 10 heavy (non-hydrogen) atoms. The van der Waals surface area contributed by atoms with E-state index in [1.54, 1.807) is 12.4 Å². The number of rotatable bonds is 0. The Morgan fingerprint density at radius 3 is 1.60 bits per heavy atom. The summed E-state index contributed by atoms with van der Waals surface area (Å²) < 4.78 is 0. The van der Waals surface area contributed by atoms with Crippen LogP contribution in [0.3, 0.4) is 0 Å². The maximum absolute atomic E-state index is 5.41. The first-order valence-electron chi connectivity index (χ1n) is 3.70. The van der Waals surface area contributed by atoms with E-state index in [1.165, 1.54) is 24.0 Å². The molecule has 0 unspecified atom stereocenters. The molecule has 1 saturated carbocycles. The molecule has 0 saturated heterocycles. The Bertz CT molecular complexity index is 148. The summed E-state index contributed by atoms with van der Waals surface area (Å²) in [6.45, 7) is 0. The number of hydrogen-bond donors (Lipinski definition) is 2. The Kier molecular flexibility index (Phi) is 2.37. The smallest absolute Gasteiger partial charge is 0.00264 e.